The van der Waals surface area contributed by atoms with Crippen molar-refractivity contribution >= 4 is 34.6 Å². The fourth-order valence-electron chi connectivity index (χ4n) is 2.08. The molecular weight excluding hydrogens is 276 g/mol. The molecule has 1 amide bonds. The van der Waals surface area contributed by atoms with Gasteiger partial charge in [-0.3, -0.25) is 4.79 Å². The van der Waals surface area contributed by atoms with Crippen molar-refractivity contribution in [3.63, 3.8) is 0 Å². The van der Waals surface area contributed by atoms with Crippen LogP contribution < -0.4 is 10.1 Å². The number of nitrogens with zero attached hydrogens (tertiary/aromatic N) is 1. The molecule has 0 fully saturated rings. The molecule has 1 aliphatic rings. The van der Waals surface area contributed by atoms with E-state index < -0.39 is 0 Å². The summed E-state index contributed by atoms with van der Waals surface area (Å²) >= 11 is 5.97. The average molecular weight is 287 g/mol. The van der Waals surface area contributed by atoms with Gasteiger partial charge in [-0.05, 0) is 24.3 Å². The van der Waals surface area contributed by atoms with Crippen LogP contribution in [0.25, 0.3) is 0 Å². The van der Waals surface area contributed by atoms with Gasteiger partial charge >= 0.3 is 0 Å². The number of carbonyl (C=O) groups excluding carboxylic acids is 1. The summed E-state index contributed by atoms with van der Waals surface area (Å²) in [6.07, 6.45) is 0. The number of nitrogens with one attached hydrogen (secondary N) is 1. The second-order valence-corrected chi connectivity index (χ2v) is 4.71. The van der Waals surface area contributed by atoms with Crippen LogP contribution in [0.1, 0.15) is 5.56 Å². The van der Waals surface area contributed by atoms with Crippen LogP contribution in [0.2, 0.25) is 5.02 Å². The highest BCUT2D eigenvalue weighted by atomic mass is 35.5. The van der Waals surface area contributed by atoms with Crippen molar-refractivity contribution in [2.24, 2.45) is 4.99 Å². The van der Waals surface area contributed by atoms with Crippen LogP contribution in [0.3, 0.4) is 0 Å². The second-order valence-electron chi connectivity index (χ2n) is 4.28. The Bertz CT molecular complexity index is 726. The van der Waals surface area contributed by atoms with Crippen LogP contribution in [0.15, 0.2) is 47.5 Å². The number of methoxy groups -OCH3 is 1. The number of ether oxygens (including phenoxy) is 1. The van der Waals surface area contributed by atoms with E-state index in [0.717, 1.165) is 11.3 Å². The number of rotatable bonds is 2. The van der Waals surface area contributed by atoms with E-state index in [1.54, 1.807) is 25.3 Å². The van der Waals surface area contributed by atoms with Crippen LogP contribution >= 0.6 is 11.6 Å². The predicted molar refractivity (Wildman–Crippen MR) is 79.3 cm³/mol. The van der Waals surface area contributed by atoms with E-state index in [-0.39, 0.29) is 5.91 Å². The SMILES string of the molecule is COc1ccc(Cl)cc1N=C1C(=O)Nc2ccccc21. The molecule has 0 saturated heterocycles. The monoisotopic (exact) mass is 286 g/mol. The number of amides is 1. The first kappa shape index (κ1) is 12.7. The molecule has 0 unspecified atom stereocenters. The van der Waals surface area contributed by atoms with Crippen molar-refractivity contribution in [1.82, 2.24) is 0 Å². The third-order valence-electron chi connectivity index (χ3n) is 3.02. The lowest BCUT2D eigenvalue weighted by atomic mass is 10.1. The summed E-state index contributed by atoms with van der Waals surface area (Å²) in [5.74, 6) is 0.340. The van der Waals surface area contributed by atoms with Crippen LogP contribution in [-0.2, 0) is 4.79 Å². The van der Waals surface area contributed by atoms with E-state index in [1.165, 1.54) is 0 Å². The standard InChI is InChI=1S/C15H11ClN2O2/c1-20-13-7-6-9(16)8-12(13)17-14-10-4-2-3-5-11(10)18-15(14)19/h2-8H,1H3,(H,17,18,19). The topological polar surface area (TPSA) is 50.7 Å². The number of aliphatic imine (C=N–C) groups is 1. The van der Waals surface area contributed by atoms with E-state index in [4.69, 9.17) is 16.3 Å². The van der Waals surface area contributed by atoms with E-state index >= 15 is 0 Å². The summed E-state index contributed by atoms with van der Waals surface area (Å²) in [4.78, 5) is 16.4. The zero-order valence-electron chi connectivity index (χ0n) is 10.7. The summed E-state index contributed by atoms with van der Waals surface area (Å²) in [5, 5.41) is 3.32. The first-order valence-corrected chi connectivity index (χ1v) is 6.40. The van der Waals surface area contributed by atoms with Crippen LogP contribution in [-0.4, -0.2) is 18.7 Å². The van der Waals surface area contributed by atoms with Crippen molar-refractivity contribution in [2.45, 2.75) is 0 Å². The molecule has 2 aromatic rings. The maximum atomic E-state index is 12.0. The summed E-state index contributed by atoms with van der Waals surface area (Å²) in [5.41, 5.74) is 2.43. The minimum atomic E-state index is -0.228. The van der Waals surface area contributed by atoms with Gasteiger partial charge in [0.15, 0.2) is 0 Å². The van der Waals surface area contributed by atoms with E-state index in [9.17, 15) is 4.79 Å². The van der Waals surface area contributed by atoms with Crippen molar-refractivity contribution in [1.29, 1.82) is 0 Å². The predicted octanol–water partition coefficient (Wildman–Crippen LogP) is 3.42. The average Bonchev–Trinajstić information content (AvgIpc) is 2.76. The molecule has 0 atom stereocenters. The molecule has 0 spiro atoms. The van der Waals surface area contributed by atoms with Crippen molar-refractivity contribution in [3.05, 3.63) is 53.1 Å². The fraction of sp³-hybridized carbons (Fsp3) is 0.0667. The minimum absolute atomic E-state index is 0.228. The highest BCUT2D eigenvalue weighted by Gasteiger charge is 2.25. The Balaban J connectivity index is 2.13. The Hall–Kier alpha value is -2.33. The molecule has 1 heterocycles. The highest BCUT2D eigenvalue weighted by molar-refractivity contribution is 6.54. The molecular formula is C15H11ClN2O2. The zero-order chi connectivity index (χ0) is 14.1. The van der Waals surface area contributed by atoms with Crippen LogP contribution in [0, 0.1) is 0 Å². The molecule has 0 bridgehead atoms. The Morgan fingerprint density at radius 2 is 2.00 bits per heavy atom. The summed E-state index contributed by atoms with van der Waals surface area (Å²) in [6, 6.07) is 12.5. The summed E-state index contributed by atoms with van der Waals surface area (Å²) in [6.45, 7) is 0. The molecule has 5 heteroatoms. The molecule has 0 aromatic heterocycles. The second kappa shape index (κ2) is 4.98. The van der Waals surface area contributed by atoms with Gasteiger partial charge in [-0.1, -0.05) is 29.8 Å². The number of benzene rings is 2. The molecule has 2 aromatic carbocycles. The highest BCUT2D eigenvalue weighted by Crippen LogP contribution is 2.33. The van der Waals surface area contributed by atoms with Gasteiger partial charge in [0.25, 0.3) is 5.91 Å². The van der Waals surface area contributed by atoms with Crippen molar-refractivity contribution in [2.75, 3.05) is 12.4 Å². The molecule has 3 rings (SSSR count). The normalized spacial score (nSPS) is 15.1. The third-order valence-corrected chi connectivity index (χ3v) is 3.25. The summed E-state index contributed by atoms with van der Waals surface area (Å²) in [7, 11) is 1.55. The van der Waals surface area contributed by atoms with Gasteiger partial charge in [0.05, 0.1) is 12.8 Å². The largest absolute Gasteiger partial charge is 0.494 e. The Labute approximate surface area is 121 Å². The lowest BCUT2D eigenvalue weighted by molar-refractivity contribution is -0.110. The first-order chi connectivity index (χ1) is 9.69. The number of carbonyl (C=O) groups is 1. The van der Waals surface area contributed by atoms with Crippen LogP contribution in [0.4, 0.5) is 11.4 Å². The van der Waals surface area contributed by atoms with Gasteiger partial charge in [-0.15, -0.1) is 0 Å². The molecule has 1 N–H and O–H groups in total. The van der Waals surface area contributed by atoms with E-state index in [1.807, 2.05) is 24.3 Å². The Morgan fingerprint density at radius 3 is 2.80 bits per heavy atom. The first-order valence-electron chi connectivity index (χ1n) is 6.02. The molecule has 4 nitrogen and oxygen atoms in total. The van der Waals surface area contributed by atoms with Gasteiger partial charge < -0.3 is 10.1 Å². The van der Waals surface area contributed by atoms with Crippen LogP contribution in [0.5, 0.6) is 5.75 Å². The lowest BCUT2D eigenvalue weighted by Gasteiger charge is -2.05. The number of hydrogen-bond acceptors (Lipinski definition) is 3. The zero-order valence-corrected chi connectivity index (χ0v) is 11.4. The molecule has 0 saturated carbocycles. The molecule has 0 radical (unpaired) electrons. The third kappa shape index (κ3) is 2.14. The van der Waals surface area contributed by atoms with Gasteiger partial charge in [0.1, 0.15) is 17.1 Å². The molecule has 0 aliphatic carbocycles. The van der Waals surface area contributed by atoms with Gasteiger partial charge in [-0.2, -0.15) is 0 Å². The van der Waals surface area contributed by atoms with Crippen molar-refractivity contribution < 1.29 is 9.53 Å². The van der Waals surface area contributed by atoms with E-state index in [0.29, 0.717) is 22.2 Å². The number of halogens is 1. The molecule has 100 valence electrons. The lowest BCUT2D eigenvalue weighted by Crippen LogP contribution is -2.13. The molecule has 20 heavy (non-hydrogen) atoms. The quantitative estimate of drug-likeness (QED) is 0.919. The smallest absolute Gasteiger partial charge is 0.275 e. The maximum absolute atomic E-state index is 12.0. The number of anilines is 1. The maximum Gasteiger partial charge on any atom is 0.275 e. The number of hydrogen-bond donors (Lipinski definition) is 1. The Kier molecular flexibility index (Phi) is 3.16. The fourth-order valence-corrected chi connectivity index (χ4v) is 2.25. The number of para-hydroxylation sites is 1. The Morgan fingerprint density at radius 1 is 1.20 bits per heavy atom. The van der Waals surface area contributed by atoms with Crippen molar-refractivity contribution in [3.8, 4) is 5.75 Å². The van der Waals surface area contributed by atoms with Gasteiger partial charge in [0.2, 0.25) is 0 Å². The summed E-state index contributed by atoms with van der Waals surface area (Å²) < 4.78 is 5.24. The van der Waals surface area contributed by atoms with Gasteiger partial charge in [-0.25, -0.2) is 4.99 Å². The van der Waals surface area contributed by atoms with E-state index in [2.05, 4.69) is 10.3 Å². The molecule has 1 aliphatic heterocycles. The number of fused-ring (bicyclic) bond motifs is 1. The van der Waals surface area contributed by atoms with Gasteiger partial charge in [0, 0.05) is 10.6 Å². The minimum Gasteiger partial charge on any atom is -0.494 e.